The summed E-state index contributed by atoms with van der Waals surface area (Å²) in [5, 5.41) is 0.972. The number of hydrogen-bond donors (Lipinski definition) is 0. The maximum absolute atomic E-state index is 12.2. The quantitative estimate of drug-likeness (QED) is 0.756. The molecule has 0 saturated carbocycles. The number of rotatable bonds is 2. The number of pyridine rings is 1. The van der Waals surface area contributed by atoms with E-state index in [1.807, 2.05) is 30.3 Å². The lowest BCUT2D eigenvalue weighted by Crippen LogP contribution is -2.11. The molecule has 3 heteroatoms. The number of aromatic nitrogens is 1. The number of allylic oxidation sites excluding steroid dienone is 2. The zero-order valence-electron chi connectivity index (χ0n) is 9.93. The molecule has 0 amide bonds. The highest BCUT2D eigenvalue weighted by molar-refractivity contribution is 6.09. The molecule has 18 heavy (non-hydrogen) atoms. The zero-order chi connectivity index (χ0) is 12.4. The minimum atomic E-state index is -0.0412. The smallest absolute Gasteiger partial charge is 0.227 e. The Bertz CT molecular complexity index is 631. The van der Waals surface area contributed by atoms with Crippen molar-refractivity contribution in [3.05, 3.63) is 53.9 Å². The van der Waals surface area contributed by atoms with Gasteiger partial charge in [-0.2, -0.15) is 0 Å². The van der Waals surface area contributed by atoms with E-state index < -0.39 is 0 Å². The molecule has 1 aromatic carbocycles. The fraction of sp³-hybridized carbons (Fsp3) is 0.200. The normalized spacial score (nSPS) is 15.0. The molecular weight excluding hydrogens is 226 g/mol. The van der Waals surface area contributed by atoms with Crippen molar-refractivity contribution in [3.8, 4) is 0 Å². The van der Waals surface area contributed by atoms with Crippen LogP contribution in [0.2, 0.25) is 0 Å². The van der Waals surface area contributed by atoms with Crippen LogP contribution in [-0.2, 0) is 4.74 Å². The molecule has 1 aliphatic heterocycles. The minimum absolute atomic E-state index is 0.0412. The average Bonchev–Trinajstić information content (AvgIpc) is 2.47. The van der Waals surface area contributed by atoms with E-state index in [0.29, 0.717) is 17.9 Å². The number of hydrogen-bond acceptors (Lipinski definition) is 3. The van der Waals surface area contributed by atoms with E-state index in [1.165, 1.54) is 0 Å². The second-order valence-corrected chi connectivity index (χ2v) is 4.30. The van der Waals surface area contributed by atoms with Crippen LogP contribution in [-0.4, -0.2) is 17.4 Å². The van der Waals surface area contributed by atoms with Crippen LogP contribution in [0, 0.1) is 0 Å². The summed E-state index contributed by atoms with van der Waals surface area (Å²) in [6.45, 7) is 0.632. The molecule has 1 aliphatic rings. The first kappa shape index (κ1) is 11.0. The lowest BCUT2D eigenvalue weighted by Gasteiger charge is -2.13. The van der Waals surface area contributed by atoms with Crippen molar-refractivity contribution in [1.82, 2.24) is 4.98 Å². The summed E-state index contributed by atoms with van der Waals surface area (Å²) < 4.78 is 5.40. The standard InChI is InChI=1S/C15H13NO2/c17-15(14-5-1-2-9-18-14)12-6-7-13-11(10-12)4-3-8-16-13/h3-8,10H,1-2,9H2. The predicted octanol–water partition coefficient (Wildman–Crippen LogP) is 3.11. The Balaban J connectivity index is 1.98. The molecule has 3 nitrogen and oxygen atoms in total. The SMILES string of the molecule is O=C(C1=CCCCO1)c1ccc2ncccc2c1. The third kappa shape index (κ3) is 1.99. The van der Waals surface area contributed by atoms with Crippen molar-refractivity contribution >= 4 is 16.7 Å². The van der Waals surface area contributed by atoms with Gasteiger partial charge < -0.3 is 4.74 Å². The van der Waals surface area contributed by atoms with Crippen molar-refractivity contribution in [3.63, 3.8) is 0 Å². The Kier molecular flexibility index (Phi) is 2.81. The zero-order valence-corrected chi connectivity index (χ0v) is 9.93. The Morgan fingerprint density at radius 3 is 3.06 bits per heavy atom. The average molecular weight is 239 g/mol. The van der Waals surface area contributed by atoms with Gasteiger partial charge in [-0.15, -0.1) is 0 Å². The molecule has 0 radical (unpaired) electrons. The fourth-order valence-electron chi connectivity index (χ4n) is 2.07. The molecule has 0 spiro atoms. The molecule has 0 saturated heterocycles. The summed E-state index contributed by atoms with van der Waals surface area (Å²) in [6, 6.07) is 9.36. The van der Waals surface area contributed by atoms with Gasteiger partial charge in [-0.3, -0.25) is 9.78 Å². The topological polar surface area (TPSA) is 39.2 Å². The van der Waals surface area contributed by atoms with Crippen LogP contribution in [0.15, 0.2) is 48.4 Å². The molecule has 1 aromatic heterocycles. The minimum Gasteiger partial charge on any atom is -0.490 e. The molecule has 0 fully saturated rings. The summed E-state index contributed by atoms with van der Waals surface area (Å²) in [4.78, 5) is 16.5. The Hall–Kier alpha value is -2.16. The van der Waals surface area contributed by atoms with Crippen molar-refractivity contribution in [2.45, 2.75) is 12.8 Å². The molecule has 0 unspecified atom stereocenters. The van der Waals surface area contributed by atoms with E-state index in [1.54, 1.807) is 12.3 Å². The molecular formula is C15H13NO2. The van der Waals surface area contributed by atoms with Crippen LogP contribution in [0.3, 0.4) is 0 Å². The van der Waals surface area contributed by atoms with E-state index in [4.69, 9.17) is 4.74 Å². The number of nitrogens with zero attached hydrogens (tertiary/aromatic N) is 1. The Labute approximate surface area is 105 Å². The Morgan fingerprint density at radius 1 is 1.28 bits per heavy atom. The second-order valence-electron chi connectivity index (χ2n) is 4.30. The summed E-state index contributed by atoms with van der Waals surface area (Å²) in [5.74, 6) is 0.435. The highest BCUT2D eigenvalue weighted by Gasteiger charge is 2.16. The maximum Gasteiger partial charge on any atom is 0.227 e. The highest BCUT2D eigenvalue weighted by atomic mass is 16.5. The number of carbonyl (C=O) groups excluding carboxylic acids is 1. The van der Waals surface area contributed by atoms with Crippen molar-refractivity contribution < 1.29 is 9.53 Å². The van der Waals surface area contributed by atoms with Crippen molar-refractivity contribution in [2.75, 3.05) is 6.61 Å². The molecule has 90 valence electrons. The number of carbonyl (C=O) groups is 1. The van der Waals surface area contributed by atoms with Crippen molar-refractivity contribution in [2.24, 2.45) is 0 Å². The van der Waals surface area contributed by atoms with Gasteiger partial charge in [0.15, 0.2) is 5.76 Å². The summed E-state index contributed by atoms with van der Waals surface area (Å²) in [7, 11) is 0. The van der Waals surface area contributed by atoms with Gasteiger partial charge in [0, 0.05) is 17.1 Å². The van der Waals surface area contributed by atoms with Crippen LogP contribution < -0.4 is 0 Å². The highest BCUT2D eigenvalue weighted by Crippen LogP contribution is 2.19. The molecule has 0 aliphatic carbocycles. The first-order valence-electron chi connectivity index (χ1n) is 6.07. The van der Waals surface area contributed by atoms with E-state index in [2.05, 4.69) is 4.98 Å². The monoisotopic (exact) mass is 239 g/mol. The maximum atomic E-state index is 12.2. The van der Waals surface area contributed by atoms with E-state index >= 15 is 0 Å². The van der Waals surface area contributed by atoms with Gasteiger partial charge in [0.05, 0.1) is 12.1 Å². The third-order valence-corrected chi connectivity index (χ3v) is 3.02. The number of fused-ring (bicyclic) bond motifs is 1. The van der Waals surface area contributed by atoms with Gasteiger partial charge in [-0.25, -0.2) is 0 Å². The third-order valence-electron chi connectivity index (χ3n) is 3.02. The van der Waals surface area contributed by atoms with Crippen LogP contribution in [0.5, 0.6) is 0 Å². The molecule has 0 bridgehead atoms. The fourth-order valence-corrected chi connectivity index (χ4v) is 2.07. The van der Waals surface area contributed by atoms with Gasteiger partial charge in [0.2, 0.25) is 5.78 Å². The van der Waals surface area contributed by atoms with Crippen LogP contribution in [0.1, 0.15) is 23.2 Å². The number of ketones is 1. The summed E-state index contributed by atoms with van der Waals surface area (Å²) >= 11 is 0. The first-order valence-corrected chi connectivity index (χ1v) is 6.07. The number of ether oxygens (including phenoxy) is 1. The van der Waals surface area contributed by atoms with E-state index in [9.17, 15) is 4.79 Å². The molecule has 0 N–H and O–H groups in total. The van der Waals surface area contributed by atoms with E-state index in [0.717, 1.165) is 23.7 Å². The molecule has 0 atom stereocenters. The predicted molar refractivity (Wildman–Crippen MR) is 69.3 cm³/mol. The lowest BCUT2D eigenvalue weighted by molar-refractivity contribution is 0.0899. The molecule has 2 heterocycles. The van der Waals surface area contributed by atoms with Gasteiger partial charge in [0.25, 0.3) is 0 Å². The first-order chi connectivity index (χ1) is 8.84. The van der Waals surface area contributed by atoms with Crippen LogP contribution in [0.4, 0.5) is 0 Å². The number of Topliss-reactive ketones (excluding diaryl/α,β-unsaturated/α-hetero) is 1. The second kappa shape index (κ2) is 4.61. The van der Waals surface area contributed by atoms with Gasteiger partial charge in [-0.05, 0) is 43.2 Å². The van der Waals surface area contributed by atoms with Gasteiger partial charge >= 0.3 is 0 Å². The summed E-state index contributed by atoms with van der Waals surface area (Å²) in [6.07, 6.45) is 5.52. The largest absolute Gasteiger partial charge is 0.490 e. The van der Waals surface area contributed by atoms with Crippen LogP contribution >= 0.6 is 0 Å². The van der Waals surface area contributed by atoms with Gasteiger partial charge in [-0.1, -0.05) is 6.07 Å². The van der Waals surface area contributed by atoms with Gasteiger partial charge in [0.1, 0.15) is 0 Å². The van der Waals surface area contributed by atoms with E-state index in [-0.39, 0.29) is 5.78 Å². The lowest BCUT2D eigenvalue weighted by atomic mass is 10.0. The molecule has 2 aromatic rings. The number of benzene rings is 1. The molecule has 3 rings (SSSR count). The van der Waals surface area contributed by atoms with Crippen molar-refractivity contribution in [1.29, 1.82) is 0 Å². The summed E-state index contributed by atoms with van der Waals surface area (Å²) in [5.41, 5.74) is 1.55. The Morgan fingerprint density at radius 2 is 2.22 bits per heavy atom. The van der Waals surface area contributed by atoms with Crippen LogP contribution in [0.25, 0.3) is 10.9 Å².